The van der Waals surface area contributed by atoms with Crippen molar-refractivity contribution >= 4 is 17.6 Å². The molecule has 7 nitrogen and oxygen atoms in total. The minimum atomic E-state index is -1.80. The van der Waals surface area contributed by atoms with E-state index in [4.69, 9.17) is 10.2 Å². The monoisotopic (exact) mass is 239 g/mol. The minimum absolute atomic E-state index is 0.0841. The Kier molecular flexibility index (Phi) is 3.42. The van der Waals surface area contributed by atoms with Crippen molar-refractivity contribution in [3.05, 3.63) is 39.4 Å². The van der Waals surface area contributed by atoms with Crippen LogP contribution in [0.1, 0.15) is 17.0 Å². The highest BCUT2D eigenvalue weighted by atomic mass is 16.6. The summed E-state index contributed by atoms with van der Waals surface area (Å²) >= 11 is 0. The van der Waals surface area contributed by atoms with Crippen LogP contribution in [0.25, 0.3) is 0 Å². The second-order valence-corrected chi connectivity index (χ2v) is 3.41. The van der Waals surface area contributed by atoms with Crippen molar-refractivity contribution in [2.45, 2.75) is 12.8 Å². The van der Waals surface area contributed by atoms with Gasteiger partial charge in [-0.05, 0) is 18.1 Å². The molecule has 90 valence electrons. The van der Waals surface area contributed by atoms with Gasteiger partial charge in [0.2, 0.25) is 0 Å². The van der Waals surface area contributed by atoms with Gasteiger partial charge in [-0.25, -0.2) is 0 Å². The highest BCUT2D eigenvalue weighted by molar-refractivity contribution is 5.99. The number of aryl methyl sites for hydroxylation is 1. The molecule has 0 amide bonds. The lowest BCUT2D eigenvalue weighted by atomic mass is 9.94. The topological polar surface area (TPSA) is 118 Å². The van der Waals surface area contributed by atoms with E-state index in [1.165, 1.54) is 19.1 Å². The van der Waals surface area contributed by atoms with Crippen LogP contribution < -0.4 is 0 Å². The van der Waals surface area contributed by atoms with Crippen molar-refractivity contribution in [2.24, 2.45) is 0 Å². The second-order valence-electron chi connectivity index (χ2n) is 3.41. The Morgan fingerprint density at radius 2 is 1.82 bits per heavy atom. The molecule has 0 aliphatic carbocycles. The van der Waals surface area contributed by atoms with E-state index in [2.05, 4.69) is 0 Å². The van der Waals surface area contributed by atoms with Gasteiger partial charge in [0, 0.05) is 12.1 Å². The molecular weight excluding hydrogens is 230 g/mol. The van der Waals surface area contributed by atoms with Crippen LogP contribution in [-0.4, -0.2) is 27.1 Å². The molecular formula is C10H9NO6. The molecule has 1 aromatic rings. The molecule has 7 heteroatoms. The molecule has 17 heavy (non-hydrogen) atoms. The molecule has 0 saturated heterocycles. The molecule has 1 rings (SSSR count). The maximum atomic E-state index is 10.8. The van der Waals surface area contributed by atoms with Crippen molar-refractivity contribution in [3.63, 3.8) is 0 Å². The zero-order valence-corrected chi connectivity index (χ0v) is 8.78. The Hall–Kier alpha value is -2.44. The van der Waals surface area contributed by atoms with Gasteiger partial charge in [0.15, 0.2) is 5.92 Å². The lowest BCUT2D eigenvalue weighted by Gasteiger charge is -2.10. The third kappa shape index (κ3) is 2.57. The first-order valence-electron chi connectivity index (χ1n) is 4.55. The minimum Gasteiger partial charge on any atom is -0.480 e. The number of carboxylic acids is 2. The van der Waals surface area contributed by atoms with Gasteiger partial charge in [0.25, 0.3) is 5.69 Å². The molecule has 0 bridgehead atoms. The number of benzene rings is 1. The molecule has 0 aromatic heterocycles. The first kappa shape index (κ1) is 12.6. The molecule has 2 N–H and O–H groups in total. The summed E-state index contributed by atoms with van der Waals surface area (Å²) in [6.07, 6.45) is 0. The van der Waals surface area contributed by atoms with Gasteiger partial charge in [0.1, 0.15) is 0 Å². The van der Waals surface area contributed by atoms with Crippen molar-refractivity contribution in [3.8, 4) is 0 Å². The zero-order chi connectivity index (χ0) is 13.2. The van der Waals surface area contributed by atoms with Crippen LogP contribution in [0, 0.1) is 17.0 Å². The first-order valence-corrected chi connectivity index (χ1v) is 4.55. The maximum absolute atomic E-state index is 10.8. The van der Waals surface area contributed by atoms with E-state index in [1.54, 1.807) is 0 Å². The molecule has 0 atom stereocenters. The molecule has 0 saturated carbocycles. The van der Waals surface area contributed by atoms with Crippen LogP contribution in [0.3, 0.4) is 0 Å². The van der Waals surface area contributed by atoms with Gasteiger partial charge in [-0.3, -0.25) is 19.7 Å². The largest absolute Gasteiger partial charge is 0.480 e. The van der Waals surface area contributed by atoms with Crippen molar-refractivity contribution in [1.29, 1.82) is 0 Å². The van der Waals surface area contributed by atoms with Gasteiger partial charge in [-0.15, -0.1) is 0 Å². The predicted octanol–water partition coefficient (Wildman–Crippen LogP) is 1.16. The van der Waals surface area contributed by atoms with E-state index in [1.807, 2.05) is 0 Å². The number of carbonyl (C=O) groups is 2. The van der Waals surface area contributed by atoms with Crippen molar-refractivity contribution < 1.29 is 24.7 Å². The van der Waals surface area contributed by atoms with Crippen LogP contribution in [0.4, 0.5) is 5.69 Å². The molecule has 0 unspecified atom stereocenters. The average molecular weight is 239 g/mol. The Morgan fingerprint density at radius 3 is 2.24 bits per heavy atom. The smallest absolute Gasteiger partial charge is 0.322 e. The van der Waals surface area contributed by atoms with Gasteiger partial charge < -0.3 is 10.2 Å². The number of nitro groups is 1. The number of nitro benzene ring substituents is 1. The maximum Gasteiger partial charge on any atom is 0.322 e. The second kappa shape index (κ2) is 4.60. The van der Waals surface area contributed by atoms with Crippen LogP contribution in [0.15, 0.2) is 18.2 Å². The summed E-state index contributed by atoms with van der Waals surface area (Å²) in [4.78, 5) is 31.5. The summed E-state index contributed by atoms with van der Waals surface area (Å²) in [5, 5.41) is 28.1. The molecule has 0 aliphatic rings. The summed E-state index contributed by atoms with van der Waals surface area (Å²) in [5.74, 6) is -4.91. The van der Waals surface area contributed by atoms with Crippen LogP contribution in [-0.2, 0) is 9.59 Å². The van der Waals surface area contributed by atoms with Crippen LogP contribution in [0.5, 0.6) is 0 Å². The van der Waals surface area contributed by atoms with E-state index in [0.29, 0.717) is 5.56 Å². The Labute approximate surface area is 95.5 Å². The molecule has 0 aliphatic heterocycles. The number of hydrogen-bond acceptors (Lipinski definition) is 4. The predicted molar refractivity (Wildman–Crippen MR) is 55.8 cm³/mol. The number of aliphatic carboxylic acids is 2. The van der Waals surface area contributed by atoms with Crippen molar-refractivity contribution in [1.82, 2.24) is 0 Å². The van der Waals surface area contributed by atoms with Gasteiger partial charge in [0.05, 0.1) is 4.92 Å². The van der Waals surface area contributed by atoms with E-state index >= 15 is 0 Å². The van der Waals surface area contributed by atoms with Gasteiger partial charge in [-0.2, -0.15) is 0 Å². The molecule has 0 spiro atoms. The highest BCUT2D eigenvalue weighted by Crippen LogP contribution is 2.25. The molecule has 0 radical (unpaired) electrons. The first-order chi connectivity index (χ1) is 7.84. The Balaban J connectivity index is 3.36. The fourth-order valence-electron chi connectivity index (χ4n) is 1.42. The number of rotatable bonds is 4. The molecule has 0 heterocycles. The van der Waals surface area contributed by atoms with Gasteiger partial charge >= 0.3 is 11.9 Å². The summed E-state index contributed by atoms with van der Waals surface area (Å²) in [5.41, 5.74) is -0.0392. The third-order valence-corrected chi connectivity index (χ3v) is 2.28. The summed E-state index contributed by atoms with van der Waals surface area (Å²) < 4.78 is 0. The normalized spacial score (nSPS) is 10.2. The number of nitrogens with zero attached hydrogens (tertiary/aromatic N) is 1. The zero-order valence-electron chi connectivity index (χ0n) is 8.78. The van der Waals surface area contributed by atoms with Crippen LogP contribution in [0.2, 0.25) is 0 Å². The molecule has 1 aromatic carbocycles. The summed E-state index contributed by atoms with van der Waals surface area (Å²) in [6, 6.07) is 3.49. The fourth-order valence-corrected chi connectivity index (χ4v) is 1.42. The lowest BCUT2D eigenvalue weighted by molar-refractivity contribution is -0.384. The van der Waals surface area contributed by atoms with E-state index in [0.717, 1.165) is 6.07 Å². The van der Waals surface area contributed by atoms with Crippen molar-refractivity contribution in [2.75, 3.05) is 0 Å². The molecule has 0 fully saturated rings. The summed E-state index contributed by atoms with van der Waals surface area (Å²) in [6.45, 7) is 1.50. The van der Waals surface area contributed by atoms with Crippen LogP contribution >= 0.6 is 0 Å². The standard InChI is InChI=1S/C10H9NO6/c1-5-2-3-6(11(16)17)4-7(5)8(9(12)13)10(14)15/h2-4,8H,1H3,(H,12,13)(H,14,15). The Morgan fingerprint density at radius 1 is 1.29 bits per heavy atom. The number of non-ortho nitro benzene ring substituents is 1. The number of hydrogen-bond donors (Lipinski definition) is 2. The lowest BCUT2D eigenvalue weighted by Crippen LogP contribution is -2.22. The SMILES string of the molecule is Cc1ccc([N+](=O)[O-])cc1C(C(=O)O)C(=O)O. The van der Waals surface area contributed by atoms with E-state index in [-0.39, 0.29) is 11.3 Å². The van der Waals surface area contributed by atoms with E-state index < -0.39 is 22.8 Å². The number of carboxylic acid groups (broad SMARTS) is 2. The highest BCUT2D eigenvalue weighted by Gasteiger charge is 2.30. The fraction of sp³-hybridized carbons (Fsp3) is 0.200. The van der Waals surface area contributed by atoms with E-state index in [9.17, 15) is 19.7 Å². The third-order valence-electron chi connectivity index (χ3n) is 2.28. The quantitative estimate of drug-likeness (QED) is 0.462. The Bertz CT molecular complexity index is 482. The average Bonchev–Trinajstić information content (AvgIpc) is 2.19. The van der Waals surface area contributed by atoms with Gasteiger partial charge in [-0.1, -0.05) is 6.07 Å². The summed E-state index contributed by atoms with van der Waals surface area (Å²) in [7, 11) is 0.